The molecule has 0 aliphatic rings. The topological polar surface area (TPSA) is 48.4 Å². The summed E-state index contributed by atoms with van der Waals surface area (Å²) in [5, 5.41) is 0. The van der Waals surface area contributed by atoms with Gasteiger partial charge < -0.3 is 9.47 Å². The third kappa shape index (κ3) is 2.87. The Hall–Kier alpha value is -1.88. The third-order valence-electron chi connectivity index (χ3n) is 2.21. The maximum atomic E-state index is 11.6. The van der Waals surface area contributed by atoms with Gasteiger partial charge in [0.25, 0.3) is 0 Å². The van der Waals surface area contributed by atoms with Crippen LogP contribution >= 0.6 is 15.9 Å². The number of carbonyl (C=O) groups excluding carboxylic acids is 1. The summed E-state index contributed by atoms with van der Waals surface area (Å²) in [4.78, 5) is 15.5. The Balaban J connectivity index is 2.36. The van der Waals surface area contributed by atoms with E-state index < -0.39 is 5.97 Å². The zero-order valence-corrected chi connectivity index (χ0v) is 11.2. The molecular formula is C13H10BrNO3. The van der Waals surface area contributed by atoms with Gasteiger partial charge in [0, 0.05) is 10.7 Å². The van der Waals surface area contributed by atoms with Gasteiger partial charge in [0.05, 0.1) is 13.3 Å². The van der Waals surface area contributed by atoms with Gasteiger partial charge >= 0.3 is 5.97 Å². The van der Waals surface area contributed by atoms with Crippen molar-refractivity contribution in [1.82, 2.24) is 4.98 Å². The van der Waals surface area contributed by atoms with Crippen molar-refractivity contribution < 1.29 is 14.3 Å². The van der Waals surface area contributed by atoms with Crippen molar-refractivity contribution in [3.63, 3.8) is 0 Å². The van der Waals surface area contributed by atoms with Crippen LogP contribution in [0.2, 0.25) is 0 Å². The Morgan fingerprint density at radius 3 is 2.83 bits per heavy atom. The van der Waals surface area contributed by atoms with Gasteiger partial charge in [-0.05, 0) is 30.3 Å². The molecule has 0 amide bonds. The fourth-order valence-electron chi connectivity index (χ4n) is 1.39. The molecular weight excluding hydrogens is 298 g/mol. The molecule has 2 aromatic rings. The number of nitrogens with zero attached hydrogens (tertiary/aromatic N) is 1. The SMILES string of the molecule is COC(=O)c1ccc(Br)cc1Oc1cccnc1. The van der Waals surface area contributed by atoms with E-state index in [4.69, 9.17) is 9.47 Å². The van der Waals surface area contributed by atoms with Crippen LogP contribution in [0.4, 0.5) is 0 Å². The van der Waals surface area contributed by atoms with E-state index in [0.717, 1.165) is 4.47 Å². The van der Waals surface area contributed by atoms with E-state index in [1.807, 2.05) is 0 Å². The molecule has 18 heavy (non-hydrogen) atoms. The molecule has 0 bridgehead atoms. The van der Waals surface area contributed by atoms with Gasteiger partial charge in [0.15, 0.2) is 0 Å². The monoisotopic (exact) mass is 307 g/mol. The second-order valence-electron chi connectivity index (χ2n) is 3.42. The standard InChI is InChI=1S/C13H10BrNO3/c1-17-13(16)11-5-4-9(14)7-12(11)18-10-3-2-6-15-8-10/h2-8H,1H3. The summed E-state index contributed by atoms with van der Waals surface area (Å²) in [6.45, 7) is 0. The fourth-order valence-corrected chi connectivity index (χ4v) is 1.73. The van der Waals surface area contributed by atoms with Crippen LogP contribution in [-0.2, 0) is 4.74 Å². The van der Waals surface area contributed by atoms with Crippen molar-refractivity contribution in [2.75, 3.05) is 7.11 Å². The molecule has 0 spiro atoms. The number of halogens is 1. The van der Waals surface area contributed by atoms with Gasteiger partial charge in [0.2, 0.25) is 0 Å². The number of rotatable bonds is 3. The average Bonchev–Trinajstić information content (AvgIpc) is 2.39. The van der Waals surface area contributed by atoms with Gasteiger partial charge in [-0.2, -0.15) is 0 Å². The molecule has 1 heterocycles. The molecule has 2 rings (SSSR count). The highest BCUT2D eigenvalue weighted by Crippen LogP contribution is 2.28. The third-order valence-corrected chi connectivity index (χ3v) is 2.70. The number of ether oxygens (including phenoxy) is 2. The quantitative estimate of drug-likeness (QED) is 0.815. The second kappa shape index (κ2) is 5.64. The van der Waals surface area contributed by atoms with E-state index in [9.17, 15) is 4.79 Å². The van der Waals surface area contributed by atoms with Crippen molar-refractivity contribution in [1.29, 1.82) is 0 Å². The highest BCUT2D eigenvalue weighted by atomic mass is 79.9. The van der Waals surface area contributed by atoms with E-state index >= 15 is 0 Å². The number of carbonyl (C=O) groups is 1. The van der Waals surface area contributed by atoms with Crippen LogP contribution in [-0.4, -0.2) is 18.1 Å². The van der Waals surface area contributed by atoms with Crippen molar-refractivity contribution in [2.45, 2.75) is 0 Å². The first-order chi connectivity index (χ1) is 8.70. The normalized spacial score (nSPS) is 9.89. The van der Waals surface area contributed by atoms with Crippen molar-refractivity contribution >= 4 is 21.9 Å². The maximum Gasteiger partial charge on any atom is 0.341 e. The first kappa shape index (κ1) is 12.6. The Morgan fingerprint density at radius 2 is 2.17 bits per heavy atom. The second-order valence-corrected chi connectivity index (χ2v) is 4.34. The minimum atomic E-state index is -0.443. The summed E-state index contributed by atoms with van der Waals surface area (Å²) in [6.07, 6.45) is 3.22. The zero-order valence-electron chi connectivity index (χ0n) is 9.59. The highest BCUT2D eigenvalue weighted by molar-refractivity contribution is 9.10. The summed E-state index contributed by atoms with van der Waals surface area (Å²) in [5.41, 5.74) is 0.365. The van der Waals surface area contributed by atoms with Crippen LogP contribution in [0.1, 0.15) is 10.4 Å². The van der Waals surface area contributed by atoms with Crippen LogP contribution in [0.15, 0.2) is 47.2 Å². The Morgan fingerprint density at radius 1 is 1.33 bits per heavy atom. The Kier molecular flexibility index (Phi) is 3.94. The van der Waals surface area contributed by atoms with Gasteiger partial charge in [-0.25, -0.2) is 4.79 Å². The molecule has 0 unspecified atom stereocenters. The summed E-state index contributed by atoms with van der Waals surface area (Å²) >= 11 is 3.33. The van der Waals surface area contributed by atoms with E-state index in [2.05, 4.69) is 20.9 Å². The van der Waals surface area contributed by atoms with Crippen LogP contribution in [0.5, 0.6) is 11.5 Å². The minimum Gasteiger partial charge on any atom is -0.465 e. The predicted molar refractivity (Wildman–Crippen MR) is 69.8 cm³/mol. The fraction of sp³-hybridized carbons (Fsp3) is 0.0769. The van der Waals surface area contributed by atoms with Gasteiger partial charge in [-0.1, -0.05) is 15.9 Å². The van der Waals surface area contributed by atoms with Crippen molar-refractivity contribution in [2.24, 2.45) is 0 Å². The molecule has 0 fully saturated rings. The number of pyridine rings is 1. The largest absolute Gasteiger partial charge is 0.465 e. The molecule has 92 valence electrons. The molecule has 0 aliphatic carbocycles. The molecule has 0 N–H and O–H groups in total. The lowest BCUT2D eigenvalue weighted by molar-refractivity contribution is 0.0598. The Labute approximate surface area is 113 Å². The lowest BCUT2D eigenvalue weighted by Crippen LogP contribution is -2.03. The maximum absolute atomic E-state index is 11.6. The Bertz CT molecular complexity index is 557. The predicted octanol–water partition coefficient (Wildman–Crippen LogP) is 3.42. The first-order valence-corrected chi connectivity index (χ1v) is 5.96. The van der Waals surface area contributed by atoms with E-state index in [1.54, 1.807) is 42.7 Å². The van der Waals surface area contributed by atoms with Crippen molar-refractivity contribution in [3.05, 3.63) is 52.8 Å². The van der Waals surface area contributed by atoms with Crippen LogP contribution < -0.4 is 4.74 Å². The molecule has 0 saturated carbocycles. The van der Waals surface area contributed by atoms with Crippen LogP contribution in [0, 0.1) is 0 Å². The molecule has 1 aromatic carbocycles. The molecule has 0 atom stereocenters. The van der Waals surface area contributed by atoms with Gasteiger partial charge in [0.1, 0.15) is 17.1 Å². The van der Waals surface area contributed by atoms with Crippen molar-refractivity contribution in [3.8, 4) is 11.5 Å². The summed E-state index contributed by atoms with van der Waals surface area (Å²) in [6, 6.07) is 8.61. The highest BCUT2D eigenvalue weighted by Gasteiger charge is 2.14. The van der Waals surface area contributed by atoms with Gasteiger partial charge in [-0.3, -0.25) is 4.98 Å². The number of esters is 1. The average molecular weight is 308 g/mol. The van der Waals surface area contributed by atoms with E-state index in [0.29, 0.717) is 17.1 Å². The molecule has 0 aliphatic heterocycles. The van der Waals surface area contributed by atoms with E-state index in [-0.39, 0.29) is 0 Å². The number of hydrogen-bond acceptors (Lipinski definition) is 4. The summed E-state index contributed by atoms with van der Waals surface area (Å²) in [7, 11) is 1.33. The molecule has 1 aromatic heterocycles. The van der Waals surface area contributed by atoms with Crippen LogP contribution in [0.25, 0.3) is 0 Å². The number of hydrogen-bond donors (Lipinski definition) is 0. The lowest BCUT2D eigenvalue weighted by Gasteiger charge is -2.09. The first-order valence-electron chi connectivity index (χ1n) is 5.16. The molecule has 0 radical (unpaired) electrons. The number of methoxy groups -OCH3 is 1. The minimum absolute atomic E-state index is 0.365. The zero-order chi connectivity index (χ0) is 13.0. The number of benzene rings is 1. The smallest absolute Gasteiger partial charge is 0.341 e. The molecule has 4 nitrogen and oxygen atoms in total. The summed E-state index contributed by atoms with van der Waals surface area (Å²) in [5.74, 6) is 0.534. The molecule has 5 heteroatoms. The number of aromatic nitrogens is 1. The lowest BCUT2D eigenvalue weighted by atomic mass is 10.2. The van der Waals surface area contributed by atoms with Gasteiger partial charge in [-0.15, -0.1) is 0 Å². The van der Waals surface area contributed by atoms with Crippen LogP contribution in [0.3, 0.4) is 0 Å². The van der Waals surface area contributed by atoms with E-state index in [1.165, 1.54) is 7.11 Å². The molecule has 0 saturated heterocycles. The summed E-state index contributed by atoms with van der Waals surface area (Å²) < 4.78 is 11.1.